The second-order valence-corrected chi connectivity index (χ2v) is 7.09. The largest absolute Gasteiger partial charge is 0.496 e. The molecule has 21 heavy (non-hydrogen) atoms. The van der Waals surface area contributed by atoms with E-state index in [2.05, 4.69) is 54.5 Å². The molecule has 0 aromatic heterocycles. The third-order valence-electron chi connectivity index (χ3n) is 2.89. The van der Waals surface area contributed by atoms with Gasteiger partial charge in [0.2, 0.25) is 0 Å². The van der Waals surface area contributed by atoms with Gasteiger partial charge < -0.3 is 9.47 Å². The van der Waals surface area contributed by atoms with E-state index in [1.165, 1.54) is 7.11 Å². The molecular formula is C15H11Br2IO3. The number of hydrogen-bond acceptors (Lipinski definition) is 3. The first-order valence-electron chi connectivity index (χ1n) is 5.89. The first kappa shape index (κ1) is 16.8. The molecule has 0 amide bonds. The van der Waals surface area contributed by atoms with Gasteiger partial charge in [0.25, 0.3) is 0 Å². The summed E-state index contributed by atoms with van der Waals surface area (Å²) in [5.41, 5.74) is 1.05. The molecule has 0 radical (unpaired) electrons. The van der Waals surface area contributed by atoms with Crippen molar-refractivity contribution in [3.8, 4) is 11.5 Å². The Balaban J connectivity index is 2.59. The molecule has 0 N–H and O–H groups in total. The molecule has 0 atom stereocenters. The third kappa shape index (κ3) is 3.60. The number of benzene rings is 2. The number of carbonyl (C=O) groups excluding carboxylic acids is 1. The predicted octanol–water partition coefficient (Wildman–Crippen LogP) is 5.06. The van der Waals surface area contributed by atoms with Crippen molar-refractivity contribution in [2.45, 2.75) is 0 Å². The van der Waals surface area contributed by atoms with Gasteiger partial charge in [-0.25, -0.2) is 0 Å². The van der Waals surface area contributed by atoms with Crippen LogP contribution in [-0.2, 0) is 0 Å². The third-order valence-corrected chi connectivity index (χ3v) is 4.87. The average molecular weight is 526 g/mol. The van der Waals surface area contributed by atoms with E-state index in [4.69, 9.17) is 9.47 Å². The fraction of sp³-hybridized carbons (Fsp3) is 0.133. The molecule has 0 heterocycles. The Morgan fingerprint density at radius 1 is 0.952 bits per heavy atom. The van der Waals surface area contributed by atoms with Gasteiger partial charge in [-0.3, -0.25) is 4.79 Å². The Morgan fingerprint density at radius 3 is 2.24 bits per heavy atom. The molecule has 0 aliphatic carbocycles. The summed E-state index contributed by atoms with van der Waals surface area (Å²) < 4.78 is 13.0. The summed E-state index contributed by atoms with van der Waals surface area (Å²) in [7, 11) is 3.09. The molecule has 0 saturated carbocycles. The van der Waals surface area contributed by atoms with Crippen LogP contribution in [-0.4, -0.2) is 20.0 Å². The standard InChI is InChI=1S/C15H11Br2IO3/c1-20-13-7-12(17)14(21-2)6-10(13)15(19)9-5-8(18)3-4-11(9)16/h3-7H,1-2H3. The van der Waals surface area contributed by atoms with Crippen LogP contribution in [0.3, 0.4) is 0 Å². The average Bonchev–Trinajstić information content (AvgIpc) is 2.48. The summed E-state index contributed by atoms with van der Waals surface area (Å²) in [5.74, 6) is 0.961. The van der Waals surface area contributed by atoms with Gasteiger partial charge in [-0.05, 0) is 68.9 Å². The Kier molecular flexibility index (Phi) is 5.67. The van der Waals surface area contributed by atoms with Gasteiger partial charge in [0.05, 0.1) is 24.3 Å². The molecule has 0 unspecified atom stereocenters. The molecule has 0 spiro atoms. The molecule has 110 valence electrons. The van der Waals surface area contributed by atoms with E-state index in [1.54, 1.807) is 19.2 Å². The molecule has 3 nitrogen and oxygen atoms in total. The molecule has 0 bridgehead atoms. The van der Waals surface area contributed by atoms with Gasteiger partial charge >= 0.3 is 0 Å². The predicted molar refractivity (Wildman–Crippen MR) is 97.5 cm³/mol. The van der Waals surface area contributed by atoms with E-state index in [0.29, 0.717) is 22.6 Å². The van der Waals surface area contributed by atoms with Crippen LogP contribution in [0.2, 0.25) is 0 Å². The van der Waals surface area contributed by atoms with Crippen LogP contribution in [0, 0.1) is 3.57 Å². The highest BCUT2D eigenvalue weighted by Gasteiger charge is 2.20. The van der Waals surface area contributed by atoms with Crippen molar-refractivity contribution in [1.82, 2.24) is 0 Å². The number of carbonyl (C=O) groups is 1. The zero-order valence-corrected chi connectivity index (χ0v) is 16.6. The van der Waals surface area contributed by atoms with Gasteiger partial charge in [0, 0.05) is 13.6 Å². The maximum Gasteiger partial charge on any atom is 0.198 e. The lowest BCUT2D eigenvalue weighted by Gasteiger charge is -2.12. The quantitative estimate of drug-likeness (QED) is 0.413. The smallest absolute Gasteiger partial charge is 0.198 e. The fourth-order valence-electron chi connectivity index (χ4n) is 1.85. The van der Waals surface area contributed by atoms with Crippen LogP contribution in [0.25, 0.3) is 0 Å². The second kappa shape index (κ2) is 7.11. The number of methoxy groups -OCH3 is 2. The minimum atomic E-state index is -0.122. The van der Waals surface area contributed by atoms with Crippen LogP contribution in [0.1, 0.15) is 15.9 Å². The highest BCUT2D eigenvalue weighted by atomic mass is 127. The molecule has 2 aromatic rings. The van der Waals surface area contributed by atoms with Gasteiger partial charge in [-0.15, -0.1) is 0 Å². The van der Waals surface area contributed by atoms with E-state index >= 15 is 0 Å². The first-order valence-corrected chi connectivity index (χ1v) is 8.55. The Bertz CT molecular complexity index is 702. The lowest BCUT2D eigenvalue weighted by molar-refractivity contribution is 0.103. The van der Waals surface area contributed by atoms with Gasteiger partial charge in [0.1, 0.15) is 11.5 Å². The summed E-state index contributed by atoms with van der Waals surface area (Å²) in [6.07, 6.45) is 0. The Labute approximate surface area is 153 Å². The number of hydrogen-bond donors (Lipinski definition) is 0. The maximum atomic E-state index is 12.8. The molecule has 0 aliphatic heterocycles. The first-order chi connectivity index (χ1) is 9.97. The minimum absolute atomic E-state index is 0.122. The highest BCUT2D eigenvalue weighted by Crippen LogP contribution is 2.35. The van der Waals surface area contributed by atoms with Crippen molar-refractivity contribution in [3.05, 3.63) is 54.0 Å². The van der Waals surface area contributed by atoms with E-state index in [0.717, 1.165) is 12.5 Å². The SMILES string of the molecule is COc1cc(C(=O)c2cc(I)ccc2Br)c(OC)cc1Br. The molecular weight excluding hydrogens is 515 g/mol. The zero-order valence-electron chi connectivity index (χ0n) is 11.2. The minimum Gasteiger partial charge on any atom is -0.496 e. The van der Waals surface area contributed by atoms with Crippen molar-refractivity contribution in [2.24, 2.45) is 0 Å². The molecule has 2 rings (SSSR count). The molecule has 0 fully saturated rings. The van der Waals surface area contributed by atoms with Gasteiger partial charge in [-0.2, -0.15) is 0 Å². The van der Waals surface area contributed by atoms with Crippen LogP contribution in [0.5, 0.6) is 11.5 Å². The van der Waals surface area contributed by atoms with Crippen molar-refractivity contribution >= 4 is 60.2 Å². The summed E-state index contributed by atoms with van der Waals surface area (Å²) >= 11 is 8.98. The van der Waals surface area contributed by atoms with Crippen molar-refractivity contribution in [1.29, 1.82) is 0 Å². The summed E-state index contributed by atoms with van der Waals surface area (Å²) in [6.45, 7) is 0. The van der Waals surface area contributed by atoms with Crippen molar-refractivity contribution in [3.63, 3.8) is 0 Å². The molecule has 0 saturated heterocycles. The van der Waals surface area contributed by atoms with E-state index < -0.39 is 0 Å². The van der Waals surface area contributed by atoms with Crippen molar-refractivity contribution in [2.75, 3.05) is 14.2 Å². The molecule has 6 heteroatoms. The number of ketones is 1. The van der Waals surface area contributed by atoms with E-state index in [-0.39, 0.29) is 5.78 Å². The zero-order chi connectivity index (χ0) is 15.6. The lowest BCUT2D eigenvalue weighted by atomic mass is 10.0. The highest BCUT2D eigenvalue weighted by molar-refractivity contribution is 14.1. The monoisotopic (exact) mass is 524 g/mol. The maximum absolute atomic E-state index is 12.8. The normalized spacial score (nSPS) is 10.3. The lowest BCUT2D eigenvalue weighted by Crippen LogP contribution is -2.06. The summed E-state index contributed by atoms with van der Waals surface area (Å²) in [5, 5.41) is 0. The van der Waals surface area contributed by atoms with Crippen LogP contribution < -0.4 is 9.47 Å². The molecule has 2 aromatic carbocycles. The summed E-state index contributed by atoms with van der Waals surface area (Å²) in [4.78, 5) is 12.8. The van der Waals surface area contributed by atoms with E-state index in [1.807, 2.05) is 18.2 Å². The molecule has 0 aliphatic rings. The number of rotatable bonds is 4. The van der Waals surface area contributed by atoms with Crippen LogP contribution in [0.4, 0.5) is 0 Å². The van der Waals surface area contributed by atoms with Crippen LogP contribution in [0.15, 0.2) is 39.3 Å². The van der Waals surface area contributed by atoms with Gasteiger partial charge in [-0.1, -0.05) is 15.9 Å². The Morgan fingerprint density at radius 2 is 1.62 bits per heavy atom. The Hall–Kier alpha value is -0.600. The van der Waals surface area contributed by atoms with Crippen LogP contribution >= 0.6 is 54.5 Å². The fourth-order valence-corrected chi connectivity index (χ4v) is 3.26. The van der Waals surface area contributed by atoms with E-state index in [9.17, 15) is 4.79 Å². The number of ether oxygens (including phenoxy) is 2. The van der Waals surface area contributed by atoms with Crippen molar-refractivity contribution < 1.29 is 14.3 Å². The number of halogens is 3. The topological polar surface area (TPSA) is 35.5 Å². The second-order valence-electron chi connectivity index (χ2n) is 4.14. The van der Waals surface area contributed by atoms with Gasteiger partial charge in [0.15, 0.2) is 5.78 Å². The summed E-state index contributed by atoms with van der Waals surface area (Å²) in [6, 6.07) is 9.03.